The Labute approximate surface area is 191 Å². The van der Waals surface area contributed by atoms with Gasteiger partial charge in [0, 0.05) is 29.7 Å². The first kappa shape index (κ1) is 23.3. The molecule has 0 aliphatic carbocycles. The maximum Gasteiger partial charge on any atom is 0.411 e. The molecule has 1 aliphatic heterocycles. The number of thiocarbonyl (C=S) groups is 1. The molecule has 0 unspecified atom stereocenters. The maximum absolute atomic E-state index is 14.0. The number of halogens is 1. The third-order valence-electron chi connectivity index (χ3n) is 4.52. The summed E-state index contributed by atoms with van der Waals surface area (Å²) in [5.41, 5.74) is 1.07. The Kier molecular flexibility index (Phi) is 7.19. The molecular formula is C23H25FN4O3S. The van der Waals surface area contributed by atoms with Gasteiger partial charge in [0.25, 0.3) is 0 Å². The van der Waals surface area contributed by atoms with E-state index in [2.05, 4.69) is 15.6 Å². The number of carbonyl (C=O) groups is 2. The molecule has 0 saturated carbocycles. The number of amides is 1. The number of carbonyl (C=O) groups excluding carboxylic acids is 2. The van der Waals surface area contributed by atoms with E-state index in [1.165, 1.54) is 11.1 Å². The molecule has 0 bridgehead atoms. The fraction of sp³-hybridized carbons (Fsp3) is 0.304. The molecule has 1 aromatic carbocycles. The summed E-state index contributed by atoms with van der Waals surface area (Å²) in [6, 6.07) is 10.8. The highest BCUT2D eigenvalue weighted by atomic mass is 32.1. The molecule has 1 amide bonds. The Morgan fingerprint density at radius 3 is 2.59 bits per heavy atom. The van der Waals surface area contributed by atoms with Crippen LogP contribution >= 0.6 is 12.2 Å². The van der Waals surface area contributed by atoms with E-state index < -0.39 is 17.5 Å². The molecule has 2 N–H and O–H groups in total. The van der Waals surface area contributed by atoms with Crippen molar-refractivity contribution in [1.82, 2.24) is 15.2 Å². The zero-order chi connectivity index (χ0) is 23.3. The van der Waals surface area contributed by atoms with Crippen molar-refractivity contribution in [3.63, 3.8) is 0 Å². The van der Waals surface area contributed by atoms with Crippen LogP contribution in [-0.4, -0.2) is 45.4 Å². The molecule has 1 aromatic heterocycles. The molecule has 32 heavy (non-hydrogen) atoms. The minimum atomic E-state index is -0.706. The molecule has 0 spiro atoms. The van der Waals surface area contributed by atoms with E-state index >= 15 is 0 Å². The third kappa shape index (κ3) is 6.10. The molecule has 9 heteroatoms. The quantitative estimate of drug-likeness (QED) is 0.662. The standard InChI is InChI=1S/C23H25FN4O3S/c1-23(2,3)31-22(30)28-13-18(26-11-15-9-10-25-12-17(15)24)20(19(29)14-28)21(32)27-16-7-5-4-6-8-16/h4-10,12,26H,11,13-14H2,1-3H3,(H,27,32). The van der Waals surface area contributed by atoms with Gasteiger partial charge in [-0.15, -0.1) is 0 Å². The monoisotopic (exact) mass is 456 g/mol. The van der Waals surface area contributed by atoms with Gasteiger partial charge in [-0.3, -0.25) is 14.7 Å². The van der Waals surface area contributed by atoms with Crippen LogP contribution in [0, 0.1) is 5.82 Å². The Morgan fingerprint density at radius 1 is 1.22 bits per heavy atom. The summed E-state index contributed by atoms with van der Waals surface area (Å²) in [5.74, 6) is -0.813. The zero-order valence-corrected chi connectivity index (χ0v) is 19.0. The lowest BCUT2D eigenvalue weighted by molar-refractivity contribution is -0.116. The lowest BCUT2D eigenvalue weighted by Crippen LogP contribution is -2.48. The summed E-state index contributed by atoms with van der Waals surface area (Å²) < 4.78 is 19.5. The molecule has 1 aliphatic rings. The summed E-state index contributed by atoms with van der Waals surface area (Å²) in [4.78, 5) is 30.9. The van der Waals surface area contributed by atoms with E-state index in [0.29, 0.717) is 11.3 Å². The van der Waals surface area contributed by atoms with Crippen molar-refractivity contribution in [2.24, 2.45) is 0 Å². The molecule has 0 radical (unpaired) electrons. The largest absolute Gasteiger partial charge is 0.444 e. The van der Waals surface area contributed by atoms with E-state index in [1.54, 1.807) is 26.8 Å². The summed E-state index contributed by atoms with van der Waals surface area (Å²) in [7, 11) is 0. The number of anilines is 1. The van der Waals surface area contributed by atoms with Gasteiger partial charge in [-0.25, -0.2) is 9.18 Å². The zero-order valence-electron chi connectivity index (χ0n) is 18.1. The molecule has 0 fully saturated rings. The molecule has 2 aromatic rings. The third-order valence-corrected chi connectivity index (χ3v) is 4.83. The number of rotatable bonds is 5. The van der Waals surface area contributed by atoms with E-state index in [0.717, 1.165) is 11.9 Å². The lowest BCUT2D eigenvalue weighted by Gasteiger charge is -2.32. The van der Waals surface area contributed by atoms with Gasteiger partial charge < -0.3 is 15.4 Å². The number of hydrogen-bond acceptors (Lipinski definition) is 6. The molecule has 0 saturated heterocycles. The number of para-hydroxylation sites is 1. The van der Waals surface area contributed by atoms with Gasteiger partial charge in [0.05, 0.1) is 24.9 Å². The van der Waals surface area contributed by atoms with Crippen molar-refractivity contribution in [2.75, 3.05) is 18.4 Å². The van der Waals surface area contributed by atoms with Crippen LogP contribution in [-0.2, 0) is 16.1 Å². The van der Waals surface area contributed by atoms with Crippen LogP contribution in [0.3, 0.4) is 0 Å². The van der Waals surface area contributed by atoms with Crippen molar-refractivity contribution in [1.29, 1.82) is 0 Å². The molecule has 168 valence electrons. The second kappa shape index (κ2) is 9.86. The van der Waals surface area contributed by atoms with E-state index in [-0.39, 0.29) is 36.0 Å². The van der Waals surface area contributed by atoms with Gasteiger partial charge in [0.1, 0.15) is 16.4 Å². The smallest absolute Gasteiger partial charge is 0.411 e. The van der Waals surface area contributed by atoms with Crippen LogP contribution < -0.4 is 10.6 Å². The number of aromatic nitrogens is 1. The maximum atomic E-state index is 14.0. The number of nitrogens with zero attached hydrogens (tertiary/aromatic N) is 2. The summed E-state index contributed by atoms with van der Waals surface area (Å²) in [5, 5.41) is 6.15. The Bertz CT molecular complexity index is 1050. The first-order chi connectivity index (χ1) is 15.1. The van der Waals surface area contributed by atoms with Crippen molar-refractivity contribution in [3.05, 3.63) is 71.4 Å². The van der Waals surface area contributed by atoms with E-state index in [1.807, 2.05) is 30.3 Å². The highest BCUT2D eigenvalue weighted by Crippen LogP contribution is 2.20. The second-order valence-corrected chi connectivity index (χ2v) is 8.66. The summed E-state index contributed by atoms with van der Waals surface area (Å²) >= 11 is 5.51. The number of benzene rings is 1. The first-order valence-electron chi connectivity index (χ1n) is 10.1. The van der Waals surface area contributed by atoms with Crippen LogP contribution in [0.4, 0.5) is 14.9 Å². The average molecular weight is 457 g/mol. The number of ketones is 1. The number of ether oxygens (including phenoxy) is 1. The van der Waals surface area contributed by atoms with Crippen LogP contribution in [0.1, 0.15) is 26.3 Å². The Morgan fingerprint density at radius 2 is 1.94 bits per heavy atom. The molecular weight excluding hydrogens is 431 g/mol. The molecule has 2 heterocycles. The minimum Gasteiger partial charge on any atom is -0.444 e. The van der Waals surface area contributed by atoms with Gasteiger partial charge >= 0.3 is 6.09 Å². The number of Topliss-reactive ketones (excluding diaryl/α,β-unsaturated/α-hetero) is 1. The normalized spacial score (nSPS) is 14.2. The topological polar surface area (TPSA) is 83.6 Å². The predicted octanol–water partition coefficient (Wildman–Crippen LogP) is 3.82. The lowest BCUT2D eigenvalue weighted by atomic mass is 10.0. The Hall–Kier alpha value is -3.33. The van der Waals surface area contributed by atoms with Gasteiger partial charge in [0.2, 0.25) is 0 Å². The Balaban J connectivity index is 1.88. The van der Waals surface area contributed by atoms with Crippen LogP contribution in [0.25, 0.3) is 0 Å². The summed E-state index contributed by atoms with van der Waals surface area (Å²) in [6.45, 7) is 5.25. The number of pyridine rings is 1. The van der Waals surface area contributed by atoms with Crippen LogP contribution in [0.5, 0.6) is 0 Å². The van der Waals surface area contributed by atoms with Crippen molar-refractivity contribution >= 4 is 34.8 Å². The fourth-order valence-electron chi connectivity index (χ4n) is 3.07. The fourth-order valence-corrected chi connectivity index (χ4v) is 3.43. The molecule has 3 rings (SSSR count). The van der Waals surface area contributed by atoms with Crippen LogP contribution in [0.2, 0.25) is 0 Å². The molecule has 7 nitrogen and oxygen atoms in total. The SMILES string of the molecule is CC(C)(C)OC(=O)N1CC(=O)C(C(=S)Nc2ccccc2)=C(NCc2ccncc2F)C1. The van der Waals surface area contributed by atoms with Crippen molar-refractivity contribution < 1.29 is 18.7 Å². The van der Waals surface area contributed by atoms with Gasteiger partial charge in [-0.1, -0.05) is 30.4 Å². The number of hydrogen-bond donors (Lipinski definition) is 2. The van der Waals surface area contributed by atoms with Gasteiger partial charge in [0.15, 0.2) is 5.78 Å². The first-order valence-corrected chi connectivity index (χ1v) is 10.5. The second-order valence-electron chi connectivity index (χ2n) is 8.25. The number of nitrogens with one attached hydrogen (secondary N) is 2. The summed E-state index contributed by atoms with van der Waals surface area (Å²) in [6.07, 6.45) is 1.99. The van der Waals surface area contributed by atoms with Crippen LogP contribution in [0.15, 0.2) is 60.1 Å². The van der Waals surface area contributed by atoms with Crippen molar-refractivity contribution in [3.8, 4) is 0 Å². The highest BCUT2D eigenvalue weighted by molar-refractivity contribution is 7.81. The van der Waals surface area contributed by atoms with Gasteiger partial charge in [-0.2, -0.15) is 0 Å². The van der Waals surface area contributed by atoms with E-state index in [4.69, 9.17) is 17.0 Å². The average Bonchev–Trinajstić information content (AvgIpc) is 2.72. The van der Waals surface area contributed by atoms with Crippen molar-refractivity contribution in [2.45, 2.75) is 32.9 Å². The van der Waals surface area contributed by atoms with E-state index in [9.17, 15) is 14.0 Å². The molecule has 0 atom stereocenters. The predicted molar refractivity (Wildman–Crippen MR) is 124 cm³/mol. The van der Waals surface area contributed by atoms with Gasteiger partial charge in [-0.05, 0) is 39.0 Å². The minimum absolute atomic E-state index is 0.0687. The highest BCUT2D eigenvalue weighted by Gasteiger charge is 2.33.